The number of rotatable bonds is 7. The third-order valence-electron chi connectivity index (χ3n) is 3.10. The first-order valence-corrected chi connectivity index (χ1v) is 7.66. The van der Waals surface area contributed by atoms with Crippen LogP contribution >= 0.6 is 15.9 Å². The Hall–Kier alpha value is -2.12. The summed E-state index contributed by atoms with van der Waals surface area (Å²) in [6.45, 7) is 3.64. The largest absolute Gasteiger partial charge is 0.488 e. The van der Waals surface area contributed by atoms with E-state index in [4.69, 9.17) is 14.6 Å². The molecule has 2 rings (SSSR count). The van der Waals surface area contributed by atoms with Crippen LogP contribution in [0.5, 0.6) is 5.75 Å². The number of nitrogens with one attached hydrogen (secondary N) is 1. The fraction of sp³-hybridized carbons (Fsp3) is 0.250. The number of hydrogen-bond donors (Lipinski definition) is 2. The van der Waals surface area contributed by atoms with E-state index in [1.807, 2.05) is 12.1 Å². The minimum atomic E-state index is -1.16. The summed E-state index contributed by atoms with van der Waals surface area (Å²) in [4.78, 5) is 23.4. The number of ether oxygens (including phenoxy) is 2. The van der Waals surface area contributed by atoms with Crippen molar-refractivity contribution >= 4 is 33.9 Å². The second-order valence-electron chi connectivity index (χ2n) is 4.83. The molecule has 0 aliphatic carbocycles. The maximum atomic E-state index is 12.2. The minimum Gasteiger partial charge on any atom is -0.488 e. The number of aliphatic carboxylic acids is 1. The van der Waals surface area contributed by atoms with Crippen LogP contribution in [0.3, 0.4) is 0 Å². The Balaban J connectivity index is 2.07. The lowest BCUT2D eigenvalue weighted by Gasteiger charge is -2.20. The molecule has 1 aromatic rings. The lowest BCUT2D eigenvalue weighted by Crippen LogP contribution is -2.45. The maximum absolute atomic E-state index is 12.2. The Bertz CT molecular complexity index is 656. The van der Waals surface area contributed by atoms with Crippen LogP contribution < -0.4 is 10.1 Å². The lowest BCUT2D eigenvalue weighted by molar-refractivity contribution is -0.143. The van der Waals surface area contributed by atoms with Crippen molar-refractivity contribution in [2.75, 3.05) is 19.8 Å². The average Bonchev–Trinajstić information content (AvgIpc) is 2.53. The zero-order valence-electron chi connectivity index (χ0n) is 12.3. The highest BCUT2D eigenvalue weighted by Crippen LogP contribution is 2.29. The number of carbonyl (C=O) groups is 2. The molecule has 23 heavy (non-hydrogen) atoms. The first-order valence-electron chi connectivity index (χ1n) is 6.86. The van der Waals surface area contributed by atoms with Gasteiger partial charge in [0.2, 0.25) is 0 Å². The molecule has 1 aliphatic rings. The molecule has 6 nitrogen and oxygen atoms in total. The van der Waals surface area contributed by atoms with Crippen molar-refractivity contribution in [2.24, 2.45) is 0 Å². The molecule has 0 fully saturated rings. The third kappa shape index (κ3) is 4.67. The molecular formula is C16H16BrNO5. The van der Waals surface area contributed by atoms with Gasteiger partial charge in [0, 0.05) is 10.0 Å². The number of fused-ring (bicyclic) bond motifs is 1. The summed E-state index contributed by atoms with van der Waals surface area (Å²) >= 11 is 3.35. The molecule has 7 heteroatoms. The topological polar surface area (TPSA) is 84.9 Å². The fourth-order valence-corrected chi connectivity index (χ4v) is 2.35. The Morgan fingerprint density at radius 1 is 1.52 bits per heavy atom. The third-order valence-corrected chi connectivity index (χ3v) is 3.59. The number of carbonyl (C=O) groups excluding carboxylic acids is 1. The predicted octanol–water partition coefficient (Wildman–Crippen LogP) is 2.00. The normalized spacial score (nSPS) is 14.0. The summed E-state index contributed by atoms with van der Waals surface area (Å²) in [7, 11) is 0. The van der Waals surface area contributed by atoms with E-state index < -0.39 is 17.9 Å². The molecule has 1 atom stereocenters. The van der Waals surface area contributed by atoms with Crippen molar-refractivity contribution in [3.05, 3.63) is 46.5 Å². The van der Waals surface area contributed by atoms with Gasteiger partial charge in [-0.3, -0.25) is 4.79 Å². The maximum Gasteiger partial charge on any atom is 0.328 e. The van der Waals surface area contributed by atoms with Gasteiger partial charge in [-0.1, -0.05) is 22.0 Å². The molecular weight excluding hydrogens is 366 g/mol. The molecule has 1 heterocycles. The van der Waals surface area contributed by atoms with E-state index in [9.17, 15) is 9.59 Å². The summed E-state index contributed by atoms with van der Waals surface area (Å²) < 4.78 is 11.5. The number of benzene rings is 1. The molecule has 1 amide bonds. The van der Waals surface area contributed by atoms with Gasteiger partial charge < -0.3 is 19.9 Å². The molecule has 122 valence electrons. The highest BCUT2D eigenvalue weighted by molar-refractivity contribution is 9.10. The zero-order valence-corrected chi connectivity index (χ0v) is 13.8. The summed E-state index contributed by atoms with van der Waals surface area (Å²) in [6, 6.07) is 4.33. The molecule has 0 aromatic heterocycles. The number of hydrogen-bond acceptors (Lipinski definition) is 4. The van der Waals surface area contributed by atoms with Crippen molar-refractivity contribution in [1.29, 1.82) is 0 Å². The van der Waals surface area contributed by atoms with E-state index in [0.717, 1.165) is 10.0 Å². The molecule has 0 saturated heterocycles. The van der Waals surface area contributed by atoms with Gasteiger partial charge in [-0.05, 0) is 24.3 Å². The van der Waals surface area contributed by atoms with Gasteiger partial charge in [0.25, 0.3) is 5.91 Å². The van der Waals surface area contributed by atoms with Crippen molar-refractivity contribution < 1.29 is 24.2 Å². The summed E-state index contributed by atoms with van der Waals surface area (Å²) in [5.41, 5.74) is 1.11. The number of carboxylic acids is 1. The van der Waals surface area contributed by atoms with Gasteiger partial charge in [-0.2, -0.15) is 0 Å². The van der Waals surface area contributed by atoms with Crippen LogP contribution in [0.25, 0.3) is 6.08 Å². The van der Waals surface area contributed by atoms with E-state index in [-0.39, 0.29) is 19.8 Å². The highest BCUT2D eigenvalue weighted by atomic mass is 79.9. The first kappa shape index (κ1) is 17.2. The number of halogens is 1. The summed E-state index contributed by atoms with van der Waals surface area (Å²) in [6.07, 6.45) is 3.19. The molecule has 0 saturated carbocycles. The average molecular weight is 382 g/mol. The molecule has 1 aliphatic heterocycles. The molecule has 2 N–H and O–H groups in total. The zero-order chi connectivity index (χ0) is 16.8. The lowest BCUT2D eigenvalue weighted by atomic mass is 10.1. The van der Waals surface area contributed by atoms with Crippen LogP contribution in [-0.2, 0) is 14.3 Å². The first-order chi connectivity index (χ1) is 11.0. The van der Waals surface area contributed by atoms with Crippen molar-refractivity contribution in [1.82, 2.24) is 5.32 Å². The van der Waals surface area contributed by atoms with Gasteiger partial charge >= 0.3 is 5.97 Å². The molecule has 1 aromatic carbocycles. The van der Waals surface area contributed by atoms with Crippen molar-refractivity contribution in [3.63, 3.8) is 0 Å². The molecule has 0 radical (unpaired) electrons. The van der Waals surface area contributed by atoms with E-state index in [2.05, 4.69) is 27.8 Å². The monoisotopic (exact) mass is 381 g/mol. The van der Waals surface area contributed by atoms with Crippen LogP contribution in [0.1, 0.15) is 5.56 Å². The molecule has 0 spiro atoms. The van der Waals surface area contributed by atoms with Crippen LogP contribution in [0.2, 0.25) is 0 Å². The summed E-state index contributed by atoms with van der Waals surface area (Å²) in [5, 5.41) is 11.6. The SMILES string of the molecule is C=CCOCC(NC(=O)C1=Cc2cc(Br)ccc2OC1)C(=O)O. The van der Waals surface area contributed by atoms with E-state index in [0.29, 0.717) is 11.3 Å². The fourth-order valence-electron chi connectivity index (χ4n) is 1.97. The molecule has 1 unspecified atom stereocenters. The van der Waals surface area contributed by atoms with Crippen LogP contribution in [0.15, 0.2) is 40.9 Å². The Morgan fingerprint density at radius 2 is 2.30 bits per heavy atom. The van der Waals surface area contributed by atoms with Crippen LogP contribution in [0, 0.1) is 0 Å². The Labute approximate surface area is 141 Å². The number of carboxylic acid groups (broad SMARTS) is 1. The highest BCUT2D eigenvalue weighted by Gasteiger charge is 2.24. The number of amides is 1. The van der Waals surface area contributed by atoms with E-state index >= 15 is 0 Å². The predicted molar refractivity (Wildman–Crippen MR) is 88.2 cm³/mol. The van der Waals surface area contributed by atoms with Gasteiger partial charge in [0.05, 0.1) is 18.8 Å². The van der Waals surface area contributed by atoms with Crippen molar-refractivity contribution in [2.45, 2.75) is 6.04 Å². The summed E-state index contributed by atoms with van der Waals surface area (Å²) in [5.74, 6) is -0.984. The van der Waals surface area contributed by atoms with Crippen LogP contribution in [0.4, 0.5) is 0 Å². The van der Waals surface area contributed by atoms with Gasteiger partial charge in [-0.25, -0.2) is 4.79 Å². The second kappa shape index (κ2) is 7.94. The van der Waals surface area contributed by atoms with Crippen molar-refractivity contribution in [3.8, 4) is 5.75 Å². The van der Waals surface area contributed by atoms with Gasteiger partial charge in [0.1, 0.15) is 12.4 Å². The van der Waals surface area contributed by atoms with Gasteiger partial charge in [0.15, 0.2) is 6.04 Å². The Kier molecular flexibility index (Phi) is 5.95. The Morgan fingerprint density at radius 3 is 3.00 bits per heavy atom. The quantitative estimate of drug-likeness (QED) is 0.557. The minimum absolute atomic E-state index is 0.0837. The van der Waals surface area contributed by atoms with E-state index in [1.165, 1.54) is 6.08 Å². The van der Waals surface area contributed by atoms with Gasteiger partial charge in [-0.15, -0.1) is 6.58 Å². The molecule has 0 bridgehead atoms. The second-order valence-corrected chi connectivity index (χ2v) is 5.75. The van der Waals surface area contributed by atoms with E-state index in [1.54, 1.807) is 12.1 Å². The van der Waals surface area contributed by atoms with Crippen LogP contribution in [-0.4, -0.2) is 42.8 Å². The standard InChI is InChI=1S/C16H16BrNO5/c1-2-5-22-9-13(16(20)21)18-15(19)11-6-10-7-12(17)3-4-14(10)23-8-11/h2-4,6-7,13H,1,5,8-9H2,(H,18,19)(H,20,21). The smallest absolute Gasteiger partial charge is 0.328 e.